The van der Waals surface area contributed by atoms with Crippen LogP contribution in [0.25, 0.3) is 0 Å². The van der Waals surface area contributed by atoms with Gasteiger partial charge in [-0.1, -0.05) is 0 Å². The summed E-state index contributed by atoms with van der Waals surface area (Å²) in [6.45, 7) is -0.114. The first-order chi connectivity index (χ1) is 14.8. The Hall–Kier alpha value is 0.0448. The summed E-state index contributed by atoms with van der Waals surface area (Å²) < 4.78 is 33.6. The minimum atomic E-state index is -1.10. The van der Waals surface area contributed by atoms with E-state index in [0.29, 0.717) is 0 Å². The second kappa shape index (κ2) is 9.73. The Labute approximate surface area is 186 Å². The average molecular weight is 464 g/mol. The van der Waals surface area contributed by atoms with Gasteiger partial charge < -0.3 is 53.8 Å². The lowest BCUT2D eigenvalue weighted by atomic mass is 9.85. The van der Waals surface area contributed by atoms with Gasteiger partial charge in [0.2, 0.25) is 0 Å². The van der Waals surface area contributed by atoms with Crippen molar-refractivity contribution in [2.24, 2.45) is 0 Å². The molecule has 11 nitrogen and oxygen atoms in total. The molecule has 4 aliphatic heterocycles. The third-order valence-corrected chi connectivity index (χ3v) is 7.07. The molecule has 12 atom stereocenters. The van der Waals surface area contributed by atoms with Crippen molar-refractivity contribution in [1.29, 1.82) is 0 Å². The summed E-state index contributed by atoms with van der Waals surface area (Å²) in [5.74, 6) is 0. The summed E-state index contributed by atoms with van der Waals surface area (Å²) in [6, 6.07) is -1.60. The van der Waals surface area contributed by atoms with Gasteiger partial charge in [0.05, 0.1) is 49.8 Å². The third-order valence-electron chi connectivity index (χ3n) is 6.53. The number of ether oxygens (including phenoxy) is 4. The molecule has 0 aromatic rings. The van der Waals surface area contributed by atoms with E-state index in [1.807, 2.05) is 0 Å². The van der Waals surface area contributed by atoms with Gasteiger partial charge in [-0.15, -0.1) is 11.6 Å². The highest BCUT2D eigenvalue weighted by molar-refractivity contribution is 6.35. The fourth-order valence-corrected chi connectivity index (χ4v) is 4.84. The molecule has 0 radical (unpaired) electrons. The highest BCUT2D eigenvalue weighted by atomic mass is 35.5. The minimum absolute atomic E-state index is 0.0455. The molecule has 4 rings (SSSR count). The van der Waals surface area contributed by atoms with Gasteiger partial charge in [0.25, 0.3) is 0 Å². The summed E-state index contributed by atoms with van der Waals surface area (Å²) >= 11 is 6.27. The first kappa shape index (κ1) is 24.2. The molecular formula is C16H28B3ClO11. The molecule has 31 heavy (non-hydrogen) atoms. The van der Waals surface area contributed by atoms with Crippen LogP contribution in [0.15, 0.2) is 0 Å². The molecule has 0 saturated carbocycles. The van der Waals surface area contributed by atoms with Crippen molar-refractivity contribution in [1.82, 2.24) is 0 Å². The lowest BCUT2D eigenvalue weighted by molar-refractivity contribution is -0.140. The van der Waals surface area contributed by atoms with Gasteiger partial charge in [-0.25, -0.2) is 0 Å². The van der Waals surface area contributed by atoms with Crippen molar-refractivity contribution in [3.63, 3.8) is 0 Å². The van der Waals surface area contributed by atoms with E-state index in [1.165, 1.54) is 0 Å². The van der Waals surface area contributed by atoms with Crippen LogP contribution in [0.4, 0.5) is 0 Å². The van der Waals surface area contributed by atoms with Crippen LogP contribution in [-0.4, -0.2) is 146 Å². The molecule has 0 aromatic heterocycles. The Morgan fingerprint density at radius 2 is 1.61 bits per heavy atom. The third kappa shape index (κ3) is 4.55. The number of hydrogen-bond donors (Lipinski definition) is 5. The van der Waals surface area contributed by atoms with E-state index >= 15 is 0 Å². The number of aliphatic hydroxyl groups is 5. The van der Waals surface area contributed by atoms with Crippen LogP contribution in [0.2, 0.25) is 0 Å². The highest BCUT2D eigenvalue weighted by Gasteiger charge is 2.61. The topological polar surface area (TPSA) is 157 Å². The molecule has 4 heterocycles. The van der Waals surface area contributed by atoms with Gasteiger partial charge in [-0.3, -0.25) is 0 Å². The molecule has 174 valence electrons. The SMILES string of the molecule is B[C@@H]1O[C@H](COB[C@@H]2O[C@H](COB[C@@H]3O[C@@]4(CO)CO[C@@H]3[C@@H]4O)[C@@H](O)[C@H]2Cl)[C@H](O)[C@H]1O. The number of halogens is 1. The molecule has 15 heteroatoms. The number of aliphatic hydroxyl groups excluding tert-OH is 5. The largest absolute Gasteiger partial charge is 0.434 e. The fraction of sp³-hybridized carbons (Fsp3) is 1.00. The Bertz CT molecular complexity index is 625. The number of hydrogen-bond acceptors (Lipinski definition) is 11. The van der Waals surface area contributed by atoms with E-state index in [2.05, 4.69) is 0 Å². The number of rotatable bonds is 9. The van der Waals surface area contributed by atoms with Crippen molar-refractivity contribution >= 4 is 34.4 Å². The molecule has 0 unspecified atom stereocenters. The molecule has 5 N–H and O–H groups in total. The predicted molar refractivity (Wildman–Crippen MR) is 110 cm³/mol. The molecular weight excluding hydrogens is 436 g/mol. The lowest BCUT2D eigenvalue weighted by Gasteiger charge is -2.28. The lowest BCUT2D eigenvalue weighted by Crippen LogP contribution is -2.45. The smallest absolute Gasteiger partial charge is 0.307 e. The van der Waals surface area contributed by atoms with Crippen LogP contribution in [0.3, 0.4) is 0 Å². The van der Waals surface area contributed by atoms with Gasteiger partial charge in [-0.2, -0.15) is 0 Å². The molecule has 0 aromatic carbocycles. The van der Waals surface area contributed by atoms with Gasteiger partial charge in [0, 0.05) is 0 Å². The Kier molecular flexibility index (Phi) is 7.59. The van der Waals surface area contributed by atoms with Gasteiger partial charge in [0.15, 0.2) is 0 Å². The van der Waals surface area contributed by atoms with Gasteiger partial charge in [0.1, 0.15) is 56.2 Å². The zero-order valence-corrected chi connectivity index (χ0v) is 17.9. The van der Waals surface area contributed by atoms with Crippen molar-refractivity contribution in [3.05, 3.63) is 0 Å². The molecule has 4 aliphatic rings. The van der Waals surface area contributed by atoms with Crippen molar-refractivity contribution in [3.8, 4) is 0 Å². The summed E-state index contributed by atoms with van der Waals surface area (Å²) in [5, 5.41) is 48.9. The maximum atomic E-state index is 10.3. The van der Waals surface area contributed by atoms with Crippen LogP contribution in [0, 0.1) is 0 Å². The second-order valence-electron chi connectivity index (χ2n) is 8.68. The predicted octanol–water partition coefficient (Wildman–Crippen LogP) is -5.66. The summed E-state index contributed by atoms with van der Waals surface area (Å²) in [7, 11) is 1.84. The molecule has 2 bridgehead atoms. The number of fused-ring (bicyclic) bond motifs is 2. The Morgan fingerprint density at radius 3 is 2.19 bits per heavy atom. The van der Waals surface area contributed by atoms with E-state index in [9.17, 15) is 25.5 Å². The fourth-order valence-electron chi connectivity index (χ4n) is 4.55. The van der Waals surface area contributed by atoms with Crippen LogP contribution in [0.1, 0.15) is 0 Å². The Balaban J connectivity index is 1.18. The molecule has 0 amide bonds. The summed E-state index contributed by atoms with van der Waals surface area (Å²) in [4.78, 5) is 0. The molecule has 0 aliphatic carbocycles. The first-order valence-electron chi connectivity index (χ1n) is 10.5. The molecule has 0 spiro atoms. The van der Waals surface area contributed by atoms with E-state index in [0.717, 1.165) is 0 Å². The van der Waals surface area contributed by atoms with Crippen LogP contribution in [0.5, 0.6) is 0 Å². The average Bonchev–Trinajstić information content (AvgIpc) is 3.40. The monoisotopic (exact) mass is 464 g/mol. The highest BCUT2D eigenvalue weighted by Crippen LogP contribution is 2.39. The van der Waals surface area contributed by atoms with E-state index < -0.39 is 71.7 Å². The van der Waals surface area contributed by atoms with Crippen LogP contribution >= 0.6 is 11.6 Å². The normalized spacial score (nSPS) is 51.5. The van der Waals surface area contributed by atoms with E-state index in [4.69, 9.17) is 39.9 Å². The molecule has 4 saturated heterocycles. The van der Waals surface area contributed by atoms with E-state index in [1.54, 1.807) is 7.85 Å². The van der Waals surface area contributed by atoms with Crippen molar-refractivity contribution in [2.75, 3.05) is 26.4 Å². The van der Waals surface area contributed by atoms with Crippen LogP contribution in [-0.2, 0) is 28.3 Å². The Morgan fingerprint density at radius 1 is 0.968 bits per heavy atom. The zero-order valence-electron chi connectivity index (χ0n) is 17.2. The first-order valence-corrected chi connectivity index (χ1v) is 10.9. The maximum Gasteiger partial charge on any atom is 0.307 e. The van der Waals surface area contributed by atoms with Gasteiger partial charge >= 0.3 is 15.0 Å². The summed E-state index contributed by atoms with van der Waals surface area (Å²) in [6.07, 6.45) is -5.78. The second-order valence-corrected chi connectivity index (χ2v) is 9.19. The molecule has 4 fully saturated rings. The minimum Gasteiger partial charge on any atom is -0.434 e. The maximum absolute atomic E-state index is 10.3. The van der Waals surface area contributed by atoms with Crippen molar-refractivity contribution in [2.45, 2.75) is 71.7 Å². The zero-order chi connectivity index (χ0) is 22.3. The number of alkyl halides is 1. The van der Waals surface area contributed by atoms with E-state index in [-0.39, 0.29) is 41.4 Å². The van der Waals surface area contributed by atoms with Crippen molar-refractivity contribution < 1.29 is 53.8 Å². The van der Waals surface area contributed by atoms with Gasteiger partial charge in [-0.05, 0) is 0 Å². The summed E-state index contributed by atoms with van der Waals surface area (Å²) in [5.41, 5.74) is -1.10. The van der Waals surface area contributed by atoms with Crippen LogP contribution < -0.4 is 0 Å². The standard InChI is InChI=1S/C16H28B3ClO11/c17-13-10(24)9(23)6(29-13)2-27-18-14-7(20)8(22)5(30-14)1-28-19-15-11-12(25)16(3-21,31-15)4-26-11/h5-15,18-19,21-25H,1-4,17H2/t5-,6-,7-,8-,9+,10-,11-,12+,13-,14-,15-,16+/m1/s1. The quantitative estimate of drug-likeness (QED) is 0.164.